The van der Waals surface area contributed by atoms with Crippen molar-refractivity contribution in [3.63, 3.8) is 0 Å². The summed E-state index contributed by atoms with van der Waals surface area (Å²) in [5.41, 5.74) is 4.50. The molecule has 0 saturated heterocycles. The zero-order valence-electron chi connectivity index (χ0n) is 13.1. The number of aryl methyl sites for hydroxylation is 4. The number of rotatable bonds is 5. The van der Waals surface area contributed by atoms with Crippen LogP contribution < -0.4 is 10.6 Å². The minimum atomic E-state index is 0.655. The van der Waals surface area contributed by atoms with E-state index in [1.54, 1.807) is 0 Å². The molecule has 2 N–H and O–H groups in total. The fourth-order valence-electron chi connectivity index (χ4n) is 2.27. The van der Waals surface area contributed by atoms with E-state index in [2.05, 4.69) is 63.7 Å². The van der Waals surface area contributed by atoms with Crippen molar-refractivity contribution in [1.29, 1.82) is 0 Å². The van der Waals surface area contributed by atoms with Gasteiger partial charge in [0.1, 0.15) is 0 Å². The van der Waals surface area contributed by atoms with Crippen molar-refractivity contribution in [3.05, 3.63) is 45.7 Å². The Balaban J connectivity index is 1.73. The van der Waals surface area contributed by atoms with Gasteiger partial charge in [0.15, 0.2) is 5.11 Å². The third kappa shape index (κ3) is 5.10. The minimum absolute atomic E-state index is 0.655. The largest absolute Gasteiger partial charge is 0.362 e. The van der Waals surface area contributed by atoms with Crippen LogP contribution in [-0.2, 0) is 6.54 Å². The Hall–Kier alpha value is -1.40. The van der Waals surface area contributed by atoms with Crippen LogP contribution in [0.25, 0.3) is 0 Å². The number of hydrogen-bond donors (Lipinski definition) is 2. The van der Waals surface area contributed by atoms with Gasteiger partial charge in [-0.15, -0.1) is 0 Å². The van der Waals surface area contributed by atoms with E-state index >= 15 is 0 Å². The van der Waals surface area contributed by atoms with Gasteiger partial charge in [0, 0.05) is 25.0 Å². The van der Waals surface area contributed by atoms with Gasteiger partial charge < -0.3 is 10.6 Å². The summed E-state index contributed by atoms with van der Waals surface area (Å²) in [6.07, 6.45) is 2.96. The van der Waals surface area contributed by atoms with Gasteiger partial charge in [-0.25, -0.2) is 0 Å². The molecule has 0 spiro atoms. The van der Waals surface area contributed by atoms with E-state index in [0.717, 1.165) is 35.4 Å². The van der Waals surface area contributed by atoms with Crippen LogP contribution in [0.15, 0.2) is 28.9 Å². The lowest BCUT2D eigenvalue weighted by Gasteiger charge is -2.11. The first-order valence-electron chi connectivity index (χ1n) is 7.27. The van der Waals surface area contributed by atoms with Gasteiger partial charge in [-0.3, -0.25) is 4.68 Å². The zero-order valence-corrected chi connectivity index (χ0v) is 15.5. The normalized spacial score (nSPS) is 10.5. The average Bonchev–Trinajstić information content (AvgIpc) is 2.72. The van der Waals surface area contributed by atoms with Crippen LogP contribution >= 0.6 is 28.1 Å². The van der Waals surface area contributed by atoms with Gasteiger partial charge >= 0.3 is 0 Å². The maximum Gasteiger partial charge on any atom is 0.170 e. The molecule has 0 aliphatic heterocycles. The first-order valence-corrected chi connectivity index (χ1v) is 8.47. The number of halogens is 1. The standard InChI is InChI=1S/C16H21BrN4S/c1-11-7-12(2)9-14(8-11)19-16(22)18-5-4-6-21-10-15(17)13(3)20-21/h7-10H,4-6H2,1-3H3,(H2,18,19,22). The molecule has 1 aromatic carbocycles. The summed E-state index contributed by atoms with van der Waals surface area (Å²) >= 11 is 8.79. The predicted octanol–water partition coefficient (Wildman–Crippen LogP) is 3.95. The molecule has 0 saturated carbocycles. The number of hydrogen-bond acceptors (Lipinski definition) is 2. The van der Waals surface area contributed by atoms with Crippen LogP contribution in [0, 0.1) is 20.8 Å². The van der Waals surface area contributed by atoms with Crippen molar-refractivity contribution in [3.8, 4) is 0 Å². The molecule has 4 nitrogen and oxygen atoms in total. The molecule has 2 rings (SSSR count). The number of anilines is 1. The fraction of sp³-hybridized carbons (Fsp3) is 0.375. The Labute approximate surface area is 145 Å². The van der Waals surface area contributed by atoms with E-state index in [4.69, 9.17) is 12.2 Å². The molecule has 118 valence electrons. The lowest BCUT2D eigenvalue weighted by Crippen LogP contribution is -2.29. The third-order valence-electron chi connectivity index (χ3n) is 3.22. The van der Waals surface area contributed by atoms with Gasteiger partial charge in [-0.05, 0) is 78.6 Å². The molecule has 2 aromatic rings. The maximum absolute atomic E-state index is 5.33. The van der Waals surface area contributed by atoms with Crippen LogP contribution in [0.2, 0.25) is 0 Å². The van der Waals surface area contributed by atoms with Crippen LogP contribution in [0.5, 0.6) is 0 Å². The number of nitrogens with zero attached hydrogens (tertiary/aromatic N) is 2. The molecule has 22 heavy (non-hydrogen) atoms. The molecule has 0 bridgehead atoms. The molecule has 0 unspecified atom stereocenters. The Morgan fingerprint density at radius 1 is 1.23 bits per heavy atom. The van der Waals surface area contributed by atoms with Gasteiger partial charge in [0.2, 0.25) is 0 Å². The minimum Gasteiger partial charge on any atom is -0.362 e. The number of benzene rings is 1. The first-order chi connectivity index (χ1) is 10.4. The third-order valence-corrected chi connectivity index (χ3v) is 4.24. The topological polar surface area (TPSA) is 41.9 Å². The molecular formula is C16H21BrN4S. The lowest BCUT2D eigenvalue weighted by molar-refractivity contribution is 0.570. The quantitative estimate of drug-likeness (QED) is 0.608. The molecule has 0 amide bonds. The molecule has 0 aliphatic carbocycles. The van der Waals surface area contributed by atoms with E-state index < -0.39 is 0 Å². The SMILES string of the molecule is Cc1cc(C)cc(NC(=S)NCCCn2cc(Br)c(C)n2)c1. The van der Waals surface area contributed by atoms with Crippen LogP contribution in [-0.4, -0.2) is 21.4 Å². The fourth-order valence-corrected chi connectivity index (χ4v) is 2.81. The van der Waals surface area contributed by atoms with Crippen molar-refractivity contribution in [2.45, 2.75) is 33.7 Å². The van der Waals surface area contributed by atoms with E-state index in [1.807, 2.05) is 17.8 Å². The van der Waals surface area contributed by atoms with Gasteiger partial charge in [-0.2, -0.15) is 5.10 Å². The molecule has 0 atom stereocenters. The van der Waals surface area contributed by atoms with Gasteiger partial charge in [0.25, 0.3) is 0 Å². The average molecular weight is 381 g/mol. The van der Waals surface area contributed by atoms with Crippen molar-refractivity contribution in [2.75, 3.05) is 11.9 Å². The van der Waals surface area contributed by atoms with E-state index in [9.17, 15) is 0 Å². The second-order valence-electron chi connectivity index (χ2n) is 5.44. The summed E-state index contributed by atoms with van der Waals surface area (Å²) in [5, 5.41) is 11.5. The first kappa shape index (κ1) is 17.0. The highest BCUT2D eigenvalue weighted by molar-refractivity contribution is 9.10. The summed E-state index contributed by atoms with van der Waals surface area (Å²) in [6, 6.07) is 6.32. The summed E-state index contributed by atoms with van der Waals surface area (Å²) in [4.78, 5) is 0. The van der Waals surface area contributed by atoms with E-state index in [1.165, 1.54) is 11.1 Å². The molecule has 1 aromatic heterocycles. The lowest BCUT2D eigenvalue weighted by atomic mass is 10.1. The van der Waals surface area contributed by atoms with Crippen molar-refractivity contribution in [1.82, 2.24) is 15.1 Å². The Morgan fingerprint density at radius 3 is 2.50 bits per heavy atom. The van der Waals surface area contributed by atoms with Crippen LogP contribution in [0.3, 0.4) is 0 Å². The Kier molecular flexibility index (Phi) is 5.97. The summed E-state index contributed by atoms with van der Waals surface area (Å²) < 4.78 is 2.99. The summed E-state index contributed by atoms with van der Waals surface area (Å²) in [6.45, 7) is 7.83. The van der Waals surface area contributed by atoms with Crippen LogP contribution in [0.4, 0.5) is 5.69 Å². The second kappa shape index (κ2) is 7.74. The summed E-state index contributed by atoms with van der Waals surface area (Å²) in [5.74, 6) is 0. The highest BCUT2D eigenvalue weighted by Crippen LogP contribution is 2.14. The molecule has 0 fully saturated rings. The predicted molar refractivity (Wildman–Crippen MR) is 99.4 cm³/mol. The van der Waals surface area contributed by atoms with Crippen LogP contribution in [0.1, 0.15) is 23.2 Å². The Bertz CT molecular complexity index is 626. The van der Waals surface area contributed by atoms with Gasteiger partial charge in [0.05, 0.1) is 10.2 Å². The highest BCUT2D eigenvalue weighted by Gasteiger charge is 2.02. The van der Waals surface area contributed by atoms with Crippen molar-refractivity contribution < 1.29 is 0 Å². The molecule has 0 aliphatic rings. The number of aromatic nitrogens is 2. The van der Waals surface area contributed by atoms with E-state index in [0.29, 0.717) is 5.11 Å². The summed E-state index contributed by atoms with van der Waals surface area (Å²) in [7, 11) is 0. The zero-order chi connectivity index (χ0) is 16.1. The number of nitrogens with one attached hydrogen (secondary N) is 2. The van der Waals surface area contributed by atoms with Crippen molar-refractivity contribution >= 4 is 38.9 Å². The second-order valence-corrected chi connectivity index (χ2v) is 6.70. The highest BCUT2D eigenvalue weighted by atomic mass is 79.9. The van der Waals surface area contributed by atoms with E-state index in [-0.39, 0.29) is 0 Å². The molecular weight excluding hydrogens is 360 g/mol. The molecule has 0 radical (unpaired) electrons. The monoisotopic (exact) mass is 380 g/mol. The number of thiocarbonyl (C=S) groups is 1. The maximum atomic E-state index is 5.33. The molecule has 1 heterocycles. The van der Waals surface area contributed by atoms with Gasteiger partial charge in [-0.1, -0.05) is 6.07 Å². The molecule has 6 heteroatoms. The Morgan fingerprint density at radius 2 is 1.91 bits per heavy atom. The van der Waals surface area contributed by atoms with Crippen molar-refractivity contribution in [2.24, 2.45) is 0 Å². The smallest absolute Gasteiger partial charge is 0.170 e.